The Morgan fingerprint density at radius 2 is 1.63 bits per heavy atom. The smallest absolute Gasteiger partial charge is 0.232 e. The zero-order valence-electron chi connectivity index (χ0n) is 19.6. The number of amides is 2. The summed E-state index contributed by atoms with van der Waals surface area (Å²) in [5.74, 6) is -0.468. The molecule has 1 heterocycles. The minimum absolute atomic E-state index is 0.00823. The third-order valence-electron chi connectivity index (χ3n) is 6.93. The van der Waals surface area contributed by atoms with Crippen LogP contribution in [-0.4, -0.2) is 36.3 Å². The number of likely N-dealkylation sites (tertiary alicyclic amines) is 1. The molecule has 0 bridgehead atoms. The maximum Gasteiger partial charge on any atom is 0.232 e. The summed E-state index contributed by atoms with van der Waals surface area (Å²) in [6.45, 7) is 2.44. The van der Waals surface area contributed by atoms with Crippen molar-refractivity contribution in [1.82, 2.24) is 4.90 Å². The van der Waals surface area contributed by atoms with Crippen LogP contribution in [0.4, 0.5) is 5.69 Å². The number of anilines is 1. The number of hydrogen-bond donors (Lipinski definition) is 3. The van der Waals surface area contributed by atoms with Gasteiger partial charge in [-0.05, 0) is 47.7 Å². The Bertz CT molecular complexity index is 1130. The molecule has 1 saturated heterocycles. The fraction of sp³-hybridized carbons (Fsp3) is 0.286. The molecule has 1 fully saturated rings. The highest BCUT2D eigenvalue weighted by atomic mass is 35.5. The van der Waals surface area contributed by atoms with Crippen LogP contribution in [0.2, 0.25) is 5.02 Å². The summed E-state index contributed by atoms with van der Waals surface area (Å²) in [6, 6.07) is 25.0. The molecule has 3 aromatic rings. The second-order valence-corrected chi connectivity index (χ2v) is 9.41. The number of nitrogens with zero attached hydrogens (tertiary/aromatic N) is 1. The molecule has 1 atom stereocenters. The van der Waals surface area contributed by atoms with Gasteiger partial charge in [0, 0.05) is 26.1 Å². The Morgan fingerprint density at radius 3 is 2.17 bits per heavy atom. The van der Waals surface area contributed by atoms with Gasteiger partial charge in [0.1, 0.15) is 5.41 Å². The van der Waals surface area contributed by atoms with Gasteiger partial charge in [-0.15, -0.1) is 0 Å². The summed E-state index contributed by atoms with van der Waals surface area (Å²) in [7, 11) is 0. The van der Waals surface area contributed by atoms with Gasteiger partial charge in [-0.2, -0.15) is 0 Å². The predicted molar refractivity (Wildman–Crippen MR) is 140 cm³/mol. The van der Waals surface area contributed by atoms with Gasteiger partial charge in [0.05, 0.1) is 10.7 Å². The Labute approximate surface area is 211 Å². The van der Waals surface area contributed by atoms with Crippen molar-refractivity contribution >= 4 is 29.1 Å². The summed E-state index contributed by atoms with van der Waals surface area (Å²) in [5.41, 5.74) is 14.2. The molecule has 182 valence electrons. The van der Waals surface area contributed by atoms with Crippen LogP contribution >= 0.6 is 11.6 Å². The first-order valence-corrected chi connectivity index (χ1v) is 12.2. The lowest BCUT2D eigenvalue weighted by atomic mass is 9.64. The van der Waals surface area contributed by atoms with Gasteiger partial charge in [-0.25, -0.2) is 0 Å². The van der Waals surface area contributed by atoms with Gasteiger partial charge in [0.2, 0.25) is 11.8 Å². The number of hydrogen-bond acceptors (Lipinski definition) is 4. The summed E-state index contributed by atoms with van der Waals surface area (Å²) in [6.07, 6.45) is 1.13. The van der Waals surface area contributed by atoms with Crippen molar-refractivity contribution < 1.29 is 9.59 Å². The SMILES string of the molecule is NCc1ccc(NC(=O)CCN2CCC(C(C(N)=O)(c3ccccc3)c3ccccc3)C2)c(Cl)c1. The molecule has 4 rings (SSSR count). The van der Waals surface area contributed by atoms with E-state index in [0.29, 0.717) is 36.8 Å². The number of carbonyl (C=O) groups is 2. The largest absolute Gasteiger partial charge is 0.369 e. The fourth-order valence-corrected chi connectivity index (χ4v) is 5.42. The van der Waals surface area contributed by atoms with Crippen molar-refractivity contribution in [3.05, 3.63) is 101 Å². The van der Waals surface area contributed by atoms with Crippen LogP contribution in [0.5, 0.6) is 0 Å². The Hall–Kier alpha value is -3.19. The second kappa shape index (κ2) is 11.0. The summed E-state index contributed by atoms with van der Waals surface area (Å²) in [5, 5.41) is 3.36. The molecular weight excluding hydrogens is 460 g/mol. The Morgan fingerprint density at radius 1 is 1.00 bits per heavy atom. The van der Waals surface area contributed by atoms with Crippen LogP contribution in [-0.2, 0) is 21.5 Å². The highest BCUT2D eigenvalue weighted by Gasteiger charge is 2.49. The lowest BCUT2D eigenvalue weighted by Gasteiger charge is -2.37. The van der Waals surface area contributed by atoms with E-state index in [-0.39, 0.29) is 17.7 Å². The van der Waals surface area contributed by atoms with Crippen molar-refractivity contribution in [2.75, 3.05) is 25.0 Å². The number of nitrogens with two attached hydrogens (primary N) is 2. The van der Waals surface area contributed by atoms with E-state index in [9.17, 15) is 9.59 Å². The van der Waals surface area contributed by atoms with Crippen LogP contribution in [0.1, 0.15) is 29.5 Å². The standard InChI is InChI=1S/C28H31ClN4O2/c29-24-17-20(18-30)11-12-25(24)32-26(34)14-16-33-15-13-23(19-33)28(27(31)35,21-7-3-1-4-8-21)22-9-5-2-6-10-22/h1-12,17,23H,13-16,18-19,30H2,(H2,31,35)(H,32,34). The van der Waals surface area contributed by atoms with Crippen LogP contribution < -0.4 is 16.8 Å². The lowest BCUT2D eigenvalue weighted by Crippen LogP contribution is -2.49. The van der Waals surface area contributed by atoms with E-state index in [2.05, 4.69) is 10.2 Å². The Kier molecular flexibility index (Phi) is 7.86. The van der Waals surface area contributed by atoms with Crippen molar-refractivity contribution in [3.8, 4) is 0 Å². The molecule has 1 aliphatic rings. The van der Waals surface area contributed by atoms with Crippen molar-refractivity contribution in [3.63, 3.8) is 0 Å². The lowest BCUT2D eigenvalue weighted by molar-refractivity contribution is -0.124. The first-order chi connectivity index (χ1) is 16.9. The van der Waals surface area contributed by atoms with Crippen molar-refractivity contribution in [1.29, 1.82) is 0 Å². The van der Waals surface area contributed by atoms with E-state index < -0.39 is 5.41 Å². The van der Waals surface area contributed by atoms with Gasteiger partial charge >= 0.3 is 0 Å². The number of benzene rings is 3. The maximum absolute atomic E-state index is 13.2. The van der Waals surface area contributed by atoms with Crippen LogP contribution in [0.25, 0.3) is 0 Å². The van der Waals surface area contributed by atoms with Gasteiger partial charge < -0.3 is 21.7 Å². The summed E-state index contributed by atoms with van der Waals surface area (Å²) >= 11 is 6.27. The first kappa shape index (κ1) is 24.9. The third-order valence-corrected chi connectivity index (χ3v) is 7.24. The van der Waals surface area contributed by atoms with Crippen molar-refractivity contribution in [2.24, 2.45) is 17.4 Å². The average molecular weight is 491 g/mol. The van der Waals surface area contributed by atoms with Gasteiger partial charge in [-0.3, -0.25) is 9.59 Å². The highest BCUT2D eigenvalue weighted by molar-refractivity contribution is 6.33. The van der Waals surface area contributed by atoms with Crippen LogP contribution in [0.15, 0.2) is 78.9 Å². The molecule has 0 radical (unpaired) electrons. The van der Waals surface area contributed by atoms with E-state index in [1.165, 1.54) is 0 Å². The molecule has 5 N–H and O–H groups in total. The summed E-state index contributed by atoms with van der Waals surface area (Å²) < 4.78 is 0. The molecule has 0 saturated carbocycles. The fourth-order valence-electron chi connectivity index (χ4n) is 5.17. The zero-order chi connectivity index (χ0) is 24.8. The minimum Gasteiger partial charge on any atom is -0.369 e. The zero-order valence-corrected chi connectivity index (χ0v) is 20.4. The monoisotopic (exact) mass is 490 g/mol. The van der Waals surface area contributed by atoms with Gasteiger partial charge in [0.25, 0.3) is 0 Å². The van der Waals surface area contributed by atoms with Crippen molar-refractivity contribution in [2.45, 2.75) is 24.8 Å². The number of halogens is 1. The molecular formula is C28H31ClN4O2. The summed E-state index contributed by atoms with van der Waals surface area (Å²) in [4.78, 5) is 28.0. The van der Waals surface area contributed by atoms with Gasteiger partial charge in [-0.1, -0.05) is 78.3 Å². The van der Waals surface area contributed by atoms with E-state index in [1.54, 1.807) is 12.1 Å². The predicted octanol–water partition coefficient (Wildman–Crippen LogP) is 3.92. The number of rotatable bonds is 9. The van der Waals surface area contributed by atoms with E-state index >= 15 is 0 Å². The van der Waals surface area contributed by atoms with E-state index in [1.807, 2.05) is 66.7 Å². The first-order valence-electron chi connectivity index (χ1n) is 11.9. The number of nitrogens with one attached hydrogen (secondary N) is 1. The molecule has 0 aromatic heterocycles. The Balaban J connectivity index is 1.47. The van der Waals surface area contributed by atoms with E-state index in [0.717, 1.165) is 29.7 Å². The second-order valence-electron chi connectivity index (χ2n) is 9.01. The molecule has 6 nitrogen and oxygen atoms in total. The minimum atomic E-state index is -0.933. The quantitative estimate of drug-likeness (QED) is 0.423. The molecule has 0 aliphatic carbocycles. The molecule has 0 spiro atoms. The number of carbonyl (C=O) groups excluding carboxylic acids is 2. The average Bonchev–Trinajstić information content (AvgIpc) is 3.35. The van der Waals surface area contributed by atoms with Crippen LogP contribution in [0, 0.1) is 5.92 Å². The third kappa shape index (κ3) is 5.25. The highest BCUT2D eigenvalue weighted by Crippen LogP contribution is 2.43. The maximum atomic E-state index is 13.2. The molecule has 3 aromatic carbocycles. The molecule has 1 aliphatic heterocycles. The number of primary amides is 1. The van der Waals surface area contributed by atoms with Gasteiger partial charge in [0.15, 0.2) is 0 Å². The molecule has 35 heavy (non-hydrogen) atoms. The normalized spacial score (nSPS) is 16.2. The van der Waals surface area contributed by atoms with Crippen LogP contribution in [0.3, 0.4) is 0 Å². The van der Waals surface area contributed by atoms with E-state index in [4.69, 9.17) is 23.1 Å². The molecule has 1 unspecified atom stereocenters. The molecule has 2 amide bonds. The molecule has 7 heteroatoms. The topological polar surface area (TPSA) is 101 Å².